The van der Waals surface area contributed by atoms with E-state index in [-0.39, 0.29) is 27.8 Å². The second-order valence-corrected chi connectivity index (χ2v) is 7.17. The largest absolute Gasteiger partial charge is 0.456 e. The number of nitriles is 1. The molecule has 2 aromatic carbocycles. The molecule has 126 valence electrons. The average Bonchev–Trinajstić information content (AvgIpc) is 2.54. The lowest BCUT2D eigenvalue weighted by Crippen LogP contribution is -2.30. The summed E-state index contributed by atoms with van der Waals surface area (Å²) in [5, 5.41) is 18.5. The van der Waals surface area contributed by atoms with Gasteiger partial charge in [-0.1, -0.05) is 17.7 Å². The van der Waals surface area contributed by atoms with Crippen LogP contribution in [0.1, 0.15) is 12.5 Å². The molecule has 24 heavy (non-hydrogen) atoms. The molecular formula is C16H15ClN2O4S. The van der Waals surface area contributed by atoms with Gasteiger partial charge < -0.3 is 9.84 Å². The van der Waals surface area contributed by atoms with Crippen molar-refractivity contribution in [3.63, 3.8) is 0 Å². The Morgan fingerprint density at radius 3 is 2.54 bits per heavy atom. The van der Waals surface area contributed by atoms with Crippen LogP contribution in [0, 0.1) is 11.3 Å². The van der Waals surface area contributed by atoms with E-state index < -0.39 is 16.1 Å². The average molecular weight is 367 g/mol. The molecule has 0 aromatic heterocycles. The van der Waals surface area contributed by atoms with Gasteiger partial charge in [0.25, 0.3) is 0 Å². The number of benzene rings is 2. The van der Waals surface area contributed by atoms with Crippen molar-refractivity contribution in [3.05, 3.63) is 53.1 Å². The maximum atomic E-state index is 12.0. The lowest BCUT2D eigenvalue weighted by molar-refractivity contribution is 0.198. The Morgan fingerprint density at radius 1 is 1.29 bits per heavy atom. The minimum Gasteiger partial charge on any atom is -0.456 e. The van der Waals surface area contributed by atoms with Crippen molar-refractivity contribution < 1.29 is 18.3 Å². The Balaban J connectivity index is 2.19. The summed E-state index contributed by atoms with van der Waals surface area (Å²) in [5.41, 5.74) is 0.203. The fourth-order valence-corrected chi connectivity index (χ4v) is 3.16. The number of hydrogen-bond donors (Lipinski definition) is 2. The Hall–Kier alpha value is -2.11. The lowest BCUT2D eigenvalue weighted by Gasteiger charge is -2.10. The van der Waals surface area contributed by atoms with Gasteiger partial charge in [-0.2, -0.15) is 5.26 Å². The van der Waals surface area contributed by atoms with Crippen LogP contribution in [0.2, 0.25) is 5.02 Å². The number of aliphatic hydroxyl groups excluding tert-OH is 1. The third kappa shape index (κ3) is 4.46. The van der Waals surface area contributed by atoms with E-state index in [0.717, 1.165) is 0 Å². The number of sulfonamides is 1. The minimum absolute atomic E-state index is 0.0436. The van der Waals surface area contributed by atoms with Gasteiger partial charge in [-0.25, -0.2) is 13.1 Å². The van der Waals surface area contributed by atoms with Gasteiger partial charge in [-0.3, -0.25) is 0 Å². The summed E-state index contributed by atoms with van der Waals surface area (Å²) in [7, 11) is -3.70. The van der Waals surface area contributed by atoms with Gasteiger partial charge in [0.15, 0.2) is 0 Å². The van der Waals surface area contributed by atoms with Gasteiger partial charge in [-0.05, 0) is 43.3 Å². The molecule has 1 unspecified atom stereocenters. The molecule has 0 saturated heterocycles. The van der Waals surface area contributed by atoms with Crippen LogP contribution in [0.3, 0.4) is 0 Å². The fourth-order valence-electron chi connectivity index (χ4n) is 1.83. The summed E-state index contributed by atoms with van der Waals surface area (Å²) in [6, 6.07) is 12.5. The van der Waals surface area contributed by atoms with Crippen LogP contribution >= 0.6 is 11.6 Å². The van der Waals surface area contributed by atoms with E-state index in [1.54, 1.807) is 18.2 Å². The smallest absolute Gasteiger partial charge is 0.240 e. The first-order valence-corrected chi connectivity index (χ1v) is 8.84. The van der Waals surface area contributed by atoms with Gasteiger partial charge >= 0.3 is 0 Å². The SMILES string of the molecule is CC(O)CNS(=O)(=O)c1ccc(Oc2cccc(Cl)c2C#N)cc1. The van der Waals surface area contributed by atoms with Gasteiger partial charge in [0.1, 0.15) is 23.1 Å². The van der Waals surface area contributed by atoms with Gasteiger partial charge in [0.2, 0.25) is 10.0 Å². The molecule has 0 saturated carbocycles. The number of halogens is 1. The van der Waals surface area contributed by atoms with Crippen molar-refractivity contribution in [3.8, 4) is 17.6 Å². The Morgan fingerprint density at radius 2 is 1.96 bits per heavy atom. The van der Waals surface area contributed by atoms with Crippen molar-refractivity contribution in [2.24, 2.45) is 0 Å². The van der Waals surface area contributed by atoms with E-state index in [9.17, 15) is 8.42 Å². The van der Waals surface area contributed by atoms with Crippen molar-refractivity contribution in [1.82, 2.24) is 4.72 Å². The molecule has 8 heteroatoms. The summed E-state index contributed by atoms with van der Waals surface area (Å²) in [5.74, 6) is 0.649. The quantitative estimate of drug-likeness (QED) is 0.818. The maximum absolute atomic E-state index is 12.0. The molecule has 0 fully saturated rings. The fraction of sp³-hybridized carbons (Fsp3) is 0.188. The molecule has 1 atom stereocenters. The summed E-state index contributed by atoms with van der Waals surface area (Å²) in [6.07, 6.45) is -0.783. The highest BCUT2D eigenvalue weighted by Gasteiger charge is 2.15. The van der Waals surface area contributed by atoms with E-state index in [2.05, 4.69) is 4.72 Å². The summed E-state index contributed by atoms with van der Waals surface area (Å²) in [6.45, 7) is 1.41. The van der Waals surface area contributed by atoms with Crippen molar-refractivity contribution in [2.75, 3.05) is 6.54 Å². The van der Waals surface area contributed by atoms with Crippen molar-refractivity contribution in [1.29, 1.82) is 5.26 Å². The highest BCUT2D eigenvalue weighted by Crippen LogP contribution is 2.30. The zero-order valence-electron chi connectivity index (χ0n) is 12.7. The van der Waals surface area contributed by atoms with E-state index in [1.165, 1.54) is 31.2 Å². The highest BCUT2D eigenvalue weighted by molar-refractivity contribution is 7.89. The lowest BCUT2D eigenvalue weighted by atomic mass is 10.2. The normalized spacial score (nSPS) is 12.4. The van der Waals surface area contributed by atoms with E-state index in [0.29, 0.717) is 5.75 Å². The first-order valence-electron chi connectivity index (χ1n) is 6.98. The first kappa shape index (κ1) is 18.2. The molecule has 6 nitrogen and oxygen atoms in total. The second-order valence-electron chi connectivity index (χ2n) is 5.00. The minimum atomic E-state index is -3.70. The van der Waals surface area contributed by atoms with Crippen molar-refractivity contribution >= 4 is 21.6 Å². The number of rotatable bonds is 6. The molecule has 0 bridgehead atoms. The summed E-state index contributed by atoms with van der Waals surface area (Å²) >= 11 is 5.93. The third-order valence-corrected chi connectivity index (χ3v) is 4.77. The number of nitrogens with zero attached hydrogens (tertiary/aromatic N) is 1. The Labute approximate surface area is 145 Å². The van der Waals surface area contributed by atoms with Crippen LogP contribution in [0.4, 0.5) is 0 Å². The van der Waals surface area contributed by atoms with E-state index >= 15 is 0 Å². The van der Waals surface area contributed by atoms with E-state index in [1.807, 2.05) is 6.07 Å². The van der Waals surface area contributed by atoms with Crippen LogP contribution in [0.25, 0.3) is 0 Å². The molecule has 0 amide bonds. The maximum Gasteiger partial charge on any atom is 0.240 e. The Kier molecular flexibility index (Phi) is 5.80. The molecule has 2 N–H and O–H groups in total. The predicted octanol–water partition coefficient (Wildman–Crippen LogP) is 2.66. The molecule has 0 radical (unpaired) electrons. The van der Waals surface area contributed by atoms with E-state index in [4.69, 9.17) is 26.7 Å². The summed E-state index contributed by atoms with van der Waals surface area (Å²) < 4.78 is 31.9. The number of hydrogen-bond acceptors (Lipinski definition) is 5. The topological polar surface area (TPSA) is 99.4 Å². The number of nitrogens with one attached hydrogen (secondary N) is 1. The molecule has 0 aliphatic rings. The molecule has 0 heterocycles. The zero-order valence-corrected chi connectivity index (χ0v) is 14.3. The molecule has 2 aromatic rings. The summed E-state index contributed by atoms with van der Waals surface area (Å²) in [4.78, 5) is 0.0436. The van der Waals surface area contributed by atoms with Crippen LogP contribution in [-0.4, -0.2) is 26.2 Å². The van der Waals surface area contributed by atoms with Gasteiger partial charge in [0.05, 0.1) is 16.0 Å². The first-order chi connectivity index (χ1) is 11.3. The van der Waals surface area contributed by atoms with Crippen molar-refractivity contribution in [2.45, 2.75) is 17.9 Å². The van der Waals surface area contributed by atoms with Gasteiger partial charge in [0, 0.05) is 6.54 Å². The molecule has 0 aliphatic carbocycles. The third-order valence-electron chi connectivity index (χ3n) is 3.02. The predicted molar refractivity (Wildman–Crippen MR) is 89.6 cm³/mol. The zero-order chi connectivity index (χ0) is 17.7. The van der Waals surface area contributed by atoms with Crippen LogP contribution in [0.15, 0.2) is 47.4 Å². The second kappa shape index (κ2) is 7.64. The molecule has 2 rings (SSSR count). The number of ether oxygens (including phenoxy) is 1. The molecule has 0 spiro atoms. The standard InChI is InChI=1S/C16H15ClN2O4S/c1-11(20)10-19-24(21,22)13-7-5-12(6-8-13)23-16-4-2-3-15(17)14(16)9-18/h2-8,11,19-20H,10H2,1H3. The van der Waals surface area contributed by atoms with Crippen LogP contribution in [0.5, 0.6) is 11.5 Å². The molecule has 0 aliphatic heterocycles. The Bertz CT molecular complexity index is 859. The van der Waals surface area contributed by atoms with Crippen LogP contribution < -0.4 is 9.46 Å². The highest BCUT2D eigenvalue weighted by atomic mass is 35.5. The number of aliphatic hydroxyl groups is 1. The van der Waals surface area contributed by atoms with Crippen LogP contribution in [-0.2, 0) is 10.0 Å². The molecular weight excluding hydrogens is 352 g/mol. The van der Waals surface area contributed by atoms with Gasteiger partial charge in [-0.15, -0.1) is 0 Å². The monoisotopic (exact) mass is 366 g/mol.